The molecule has 0 aliphatic carbocycles. The molecule has 6 heteroatoms. The van der Waals surface area contributed by atoms with E-state index in [2.05, 4.69) is 23.9 Å². The van der Waals surface area contributed by atoms with E-state index < -0.39 is 0 Å². The second kappa shape index (κ2) is 5.61. The maximum atomic E-state index is 6.06. The van der Waals surface area contributed by atoms with E-state index >= 15 is 0 Å². The molecule has 0 radical (unpaired) electrons. The van der Waals surface area contributed by atoms with Crippen LogP contribution in [0.2, 0.25) is 0 Å². The van der Waals surface area contributed by atoms with Crippen LogP contribution in [-0.2, 0) is 18.2 Å². The van der Waals surface area contributed by atoms with Crippen LogP contribution < -0.4 is 5.73 Å². The van der Waals surface area contributed by atoms with Gasteiger partial charge >= 0.3 is 0 Å². The predicted octanol–water partition coefficient (Wildman–Crippen LogP) is 1.90. The maximum absolute atomic E-state index is 6.06. The van der Waals surface area contributed by atoms with Crippen molar-refractivity contribution in [2.75, 3.05) is 18.9 Å². The van der Waals surface area contributed by atoms with Crippen molar-refractivity contribution in [3.63, 3.8) is 0 Å². The average Bonchev–Trinajstić information content (AvgIpc) is 2.85. The van der Waals surface area contributed by atoms with Gasteiger partial charge in [-0.15, -0.1) is 0 Å². The Morgan fingerprint density at radius 1 is 1.37 bits per heavy atom. The molecule has 0 saturated carbocycles. The number of nitrogens with two attached hydrogens (primary N) is 1. The lowest BCUT2D eigenvalue weighted by Gasteiger charge is -2.15. The average molecular weight is 265 g/mol. The van der Waals surface area contributed by atoms with Gasteiger partial charge < -0.3 is 10.5 Å². The highest BCUT2D eigenvalue weighted by Gasteiger charge is 2.20. The van der Waals surface area contributed by atoms with Crippen LogP contribution in [-0.4, -0.2) is 32.5 Å². The molecule has 2 heterocycles. The lowest BCUT2D eigenvalue weighted by Crippen LogP contribution is -2.16. The summed E-state index contributed by atoms with van der Waals surface area (Å²) in [6.07, 6.45) is 1.97. The maximum Gasteiger partial charge on any atom is 0.202 e. The van der Waals surface area contributed by atoms with E-state index in [1.54, 1.807) is 0 Å². The van der Waals surface area contributed by atoms with Crippen molar-refractivity contribution in [1.82, 2.24) is 19.3 Å². The van der Waals surface area contributed by atoms with Gasteiger partial charge in [0.15, 0.2) is 5.65 Å². The minimum atomic E-state index is 0.148. The molecule has 0 bridgehead atoms. The van der Waals surface area contributed by atoms with Crippen molar-refractivity contribution >= 4 is 17.1 Å². The number of nitrogens with zero attached hydrogens (tertiary/aromatic N) is 4. The topological polar surface area (TPSA) is 70.9 Å². The van der Waals surface area contributed by atoms with Crippen LogP contribution in [0.15, 0.2) is 0 Å². The van der Waals surface area contributed by atoms with Gasteiger partial charge in [-0.2, -0.15) is 5.10 Å². The molecule has 0 spiro atoms. The van der Waals surface area contributed by atoms with Crippen molar-refractivity contribution < 1.29 is 4.74 Å². The van der Waals surface area contributed by atoms with Crippen molar-refractivity contribution in [2.24, 2.45) is 7.05 Å². The predicted molar refractivity (Wildman–Crippen MR) is 76.1 cm³/mol. The van der Waals surface area contributed by atoms with Crippen molar-refractivity contribution in [1.29, 1.82) is 0 Å². The number of aryl methyl sites for hydroxylation is 2. The quantitative estimate of drug-likeness (QED) is 0.866. The van der Waals surface area contributed by atoms with Gasteiger partial charge in [0.25, 0.3) is 0 Å². The highest BCUT2D eigenvalue weighted by atomic mass is 16.5. The third kappa shape index (κ3) is 2.45. The third-order valence-electron chi connectivity index (χ3n) is 3.25. The number of rotatable bonds is 6. The van der Waals surface area contributed by atoms with Crippen molar-refractivity contribution in [3.8, 4) is 0 Å². The monoisotopic (exact) mass is 265 g/mol. The summed E-state index contributed by atoms with van der Waals surface area (Å²) in [4.78, 5) is 4.48. The molecule has 0 aromatic carbocycles. The Morgan fingerprint density at radius 2 is 2.11 bits per heavy atom. The van der Waals surface area contributed by atoms with E-state index in [0.29, 0.717) is 19.2 Å². The zero-order valence-corrected chi connectivity index (χ0v) is 12.2. The van der Waals surface area contributed by atoms with Gasteiger partial charge in [-0.1, -0.05) is 13.3 Å². The molecule has 2 N–H and O–H groups in total. The Kier molecular flexibility index (Phi) is 4.09. The zero-order valence-electron chi connectivity index (χ0n) is 12.2. The first-order valence-electron chi connectivity index (χ1n) is 6.87. The smallest absolute Gasteiger partial charge is 0.202 e. The third-order valence-corrected chi connectivity index (χ3v) is 3.25. The lowest BCUT2D eigenvalue weighted by atomic mass is 10.2. The Morgan fingerprint density at radius 3 is 2.74 bits per heavy atom. The molecule has 19 heavy (non-hydrogen) atoms. The number of ether oxygens (including phenoxy) is 1. The minimum Gasteiger partial charge on any atom is -0.380 e. The molecule has 1 unspecified atom stereocenters. The van der Waals surface area contributed by atoms with Crippen LogP contribution >= 0.6 is 0 Å². The number of hydrogen-bond donors (Lipinski definition) is 1. The van der Waals surface area contributed by atoms with Gasteiger partial charge in [0.05, 0.1) is 18.3 Å². The molecule has 106 valence electrons. The Balaban J connectivity index is 2.46. The molecule has 0 saturated heterocycles. The second-order valence-electron chi connectivity index (χ2n) is 4.84. The van der Waals surface area contributed by atoms with Gasteiger partial charge in [-0.25, -0.2) is 4.98 Å². The van der Waals surface area contributed by atoms with Gasteiger partial charge in [0, 0.05) is 13.7 Å². The van der Waals surface area contributed by atoms with Crippen molar-refractivity contribution in [3.05, 3.63) is 5.69 Å². The van der Waals surface area contributed by atoms with E-state index in [1.165, 1.54) is 0 Å². The molecular formula is C13H23N5O. The Hall–Kier alpha value is -1.56. The second-order valence-corrected chi connectivity index (χ2v) is 4.84. The minimum absolute atomic E-state index is 0.148. The van der Waals surface area contributed by atoms with Gasteiger partial charge in [-0.05, 0) is 20.3 Å². The summed E-state index contributed by atoms with van der Waals surface area (Å²) in [5.41, 5.74) is 8.98. The lowest BCUT2D eigenvalue weighted by molar-refractivity contribution is 0.120. The number of aromatic nitrogens is 4. The van der Waals surface area contributed by atoms with Crippen LogP contribution in [0.25, 0.3) is 11.2 Å². The number of nitrogen functional groups attached to an aromatic ring is 1. The molecule has 0 amide bonds. The molecular weight excluding hydrogens is 242 g/mol. The molecule has 2 aromatic rings. The van der Waals surface area contributed by atoms with E-state index in [-0.39, 0.29) is 6.04 Å². The fraction of sp³-hybridized carbons (Fsp3) is 0.692. The number of anilines is 1. The highest BCUT2D eigenvalue weighted by molar-refractivity contribution is 5.78. The molecule has 2 rings (SSSR count). The SMILES string of the molecule is CCCc1nn(C)c2c1nc(N)n2C(C)COCC. The summed E-state index contributed by atoms with van der Waals surface area (Å²) >= 11 is 0. The number of fused-ring (bicyclic) bond motifs is 1. The summed E-state index contributed by atoms with van der Waals surface area (Å²) in [6, 6.07) is 0.148. The van der Waals surface area contributed by atoms with Gasteiger partial charge in [0.2, 0.25) is 5.95 Å². The highest BCUT2D eigenvalue weighted by Crippen LogP contribution is 2.25. The fourth-order valence-electron chi connectivity index (χ4n) is 2.42. The van der Waals surface area contributed by atoms with Crippen LogP contribution in [0, 0.1) is 0 Å². The number of imidazole rings is 1. The summed E-state index contributed by atoms with van der Waals surface area (Å²) in [5.74, 6) is 0.535. The zero-order chi connectivity index (χ0) is 14.0. The Labute approximate surface area is 113 Å². The first-order valence-corrected chi connectivity index (χ1v) is 6.87. The van der Waals surface area contributed by atoms with Crippen molar-refractivity contribution in [2.45, 2.75) is 39.7 Å². The first-order chi connectivity index (χ1) is 9.10. The summed E-state index contributed by atoms with van der Waals surface area (Å²) in [6.45, 7) is 7.54. The van der Waals surface area contributed by atoms with Gasteiger partial charge in [0.1, 0.15) is 5.52 Å². The first kappa shape index (κ1) is 13.9. The largest absolute Gasteiger partial charge is 0.380 e. The standard InChI is InChI=1S/C13H23N5O/c1-5-7-10-11-12(17(4)16-10)18(13(14)15-11)9(3)8-19-6-2/h9H,5-8H2,1-4H3,(H2,14,15). The van der Waals surface area contributed by atoms with E-state index in [9.17, 15) is 0 Å². The van der Waals surface area contributed by atoms with Crippen LogP contribution in [0.5, 0.6) is 0 Å². The Bertz CT molecular complexity index is 557. The molecule has 2 aromatic heterocycles. The molecule has 1 atom stereocenters. The van der Waals surface area contributed by atoms with E-state index in [4.69, 9.17) is 10.5 Å². The summed E-state index contributed by atoms with van der Waals surface area (Å²) in [7, 11) is 1.94. The van der Waals surface area contributed by atoms with E-state index in [1.807, 2.05) is 23.2 Å². The molecule has 0 fully saturated rings. The summed E-state index contributed by atoms with van der Waals surface area (Å²) in [5, 5.41) is 4.54. The molecule has 0 aliphatic heterocycles. The summed E-state index contributed by atoms with van der Waals surface area (Å²) < 4.78 is 9.36. The normalized spacial score (nSPS) is 13.3. The van der Waals surface area contributed by atoms with Crippen LogP contribution in [0.1, 0.15) is 38.9 Å². The van der Waals surface area contributed by atoms with Crippen LogP contribution in [0.4, 0.5) is 5.95 Å². The fourth-order valence-corrected chi connectivity index (χ4v) is 2.42. The van der Waals surface area contributed by atoms with Crippen LogP contribution in [0.3, 0.4) is 0 Å². The van der Waals surface area contributed by atoms with Gasteiger partial charge in [-0.3, -0.25) is 9.25 Å². The molecule has 6 nitrogen and oxygen atoms in total. The molecule has 0 aliphatic rings. The van der Waals surface area contributed by atoms with E-state index in [0.717, 1.165) is 29.7 Å². The number of hydrogen-bond acceptors (Lipinski definition) is 4.